The first kappa shape index (κ1) is 17.2. The lowest BCUT2D eigenvalue weighted by atomic mass is 10.0. The van der Waals surface area contributed by atoms with Crippen LogP contribution < -0.4 is 10.1 Å². The van der Waals surface area contributed by atoms with Crippen molar-refractivity contribution < 1.29 is 19.0 Å². The molecule has 6 heteroatoms. The van der Waals surface area contributed by atoms with E-state index in [0.29, 0.717) is 26.3 Å². The van der Waals surface area contributed by atoms with Crippen LogP contribution in [-0.2, 0) is 20.7 Å². The second kappa shape index (κ2) is 7.96. The Kier molecular flexibility index (Phi) is 5.71. The summed E-state index contributed by atoms with van der Waals surface area (Å²) in [4.78, 5) is 14.3. The number of hydrogen-bond donors (Lipinski definition) is 1. The zero-order chi connectivity index (χ0) is 16.8. The van der Waals surface area contributed by atoms with Crippen LogP contribution in [0.5, 0.6) is 5.75 Å². The molecule has 0 radical (unpaired) electrons. The lowest BCUT2D eigenvalue weighted by Crippen LogP contribution is -2.48. The lowest BCUT2D eigenvalue weighted by molar-refractivity contribution is -0.185. The van der Waals surface area contributed by atoms with Crippen molar-refractivity contribution in [3.8, 4) is 5.75 Å². The van der Waals surface area contributed by atoms with Gasteiger partial charge in [0.15, 0.2) is 5.79 Å². The number of hydrogen-bond acceptors (Lipinski definition) is 5. The molecule has 0 bridgehead atoms. The Labute approximate surface area is 143 Å². The summed E-state index contributed by atoms with van der Waals surface area (Å²) in [5.74, 6) is 0.541. The van der Waals surface area contributed by atoms with E-state index in [1.807, 2.05) is 24.3 Å². The highest BCUT2D eigenvalue weighted by atomic mass is 16.7. The second-order valence-electron chi connectivity index (χ2n) is 6.34. The fraction of sp³-hybridized carbons (Fsp3) is 0.611. The summed E-state index contributed by atoms with van der Waals surface area (Å²) in [6.45, 7) is 4.12. The lowest BCUT2D eigenvalue weighted by Gasteiger charge is -2.37. The quantitative estimate of drug-likeness (QED) is 0.847. The summed E-state index contributed by atoms with van der Waals surface area (Å²) in [7, 11) is 1.66. The maximum absolute atomic E-state index is 12.1. The van der Waals surface area contributed by atoms with Crippen LogP contribution in [0.3, 0.4) is 0 Å². The van der Waals surface area contributed by atoms with Crippen LogP contribution in [0.4, 0.5) is 0 Å². The van der Waals surface area contributed by atoms with Gasteiger partial charge in [-0.3, -0.25) is 9.69 Å². The third-order valence-electron chi connectivity index (χ3n) is 4.67. The largest absolute Gasteiger partial charge is 0.497 e. The first-order valence-corrected chi connectivity index (χ1v) is 8.59. The molecule has 2 saturated heterocycles. The standard InChI is InChI=1S/C18H26N2O4/c1-22-16-4-2-3-15(13-16)5-8-19-17(21)14-20-9-6-18(7-10-20)23-11-12-24-18/h2-4,13H,5-12,14H2,1H3,(H,19,21). The molecule has 1 N–H and O–H groups in total. The number of carbonyl (C=O) groups is 1. The Morgan fingerprint density at radius 3 is 2.75 bits per heavy atom. The predicted molar refractivity (Wildman–Crippen MR) is 90.0 cm³/mol. The van der Waals surface area contributed by atoms with Gasteiger partial charge in [0.25, 0.3) is 0 Å². The molecule has 2 aliphatic rings. The molecule has 0 aliphatic carbocycles. The van der Waals surface area contributed by atoms with Gasteiger partial charge in [-0.25, -0.2) is 0 Å². The topological polar surface area (TPSA) is 60.0 Å². The van der Waals surface area contributed by atoms with Gasteiger partial charge in [0.05, 0.1) is 26.9 Å². The van der Waals surface area contributed by atoms with Crippen LogP contribution >= 0.6 is 0 Å². The maximum atomic E-state index is 12.1. The van der Waals surface area contributed by atoms with Crippen molar-refractivity contribution >= 4 is 5.91 Å². The Morgan fingerprint density at radius 1 is 1.29 bits per heavy atom. The highest BCUT2D eigenvalue weighted by Gasteiger charge is 2.39. The van der Waals surface area contributed by atoms with Gasteiger partial charge in [-0.15, -0.1) is 0 Å². The molecule has 24 heavy (non-hydrogen) atoms. The molecule has 0 aromatic heterocycles. The average molecular weight is 334 g/mol. The van der Waals surface area contributed by atoms with Gasteiger partial charge in [-0.2, -0.15) is 0 Å². The van der Waals surface area contributed by atoms with E-state index in [2.05, 4.69) is 10.2 Å². The van der Waals surface area contributed by atoms with Crippen molar-refractivity contribution in [2.75, 3.05) is 46.5 Å². The van der Waals surface area contributed by atoms with Crippen LogP contribution in [0.25, 0.3) is 0 Å². The molecule has 6 nitrogen and oxygen atoms in total. The van der Waals surface area contributed by atoms with Crippen molar-refractivity contribution in [2.45, 2.75) is 25.0 Å². The molecule has 0 atom stereocenters. The van der Waals surface area contributed by atoms with Crippen molar-refractivity contribution in [2.24, 2.45) is 0 Å². The van der Waals surface area contributed by atoms with E-state index in [-0.39, 0.29) is 11.7 Å². The van der Waals surface area contributed by atoms with Crippen LogP contribution in [0, 0.1) is 0 Å². The molecule has 1 aromatic rings. The van der Waals surface area contributed by atoms with Gasteiger partial charge >= 0.3 is 0 Å². The monoisotopic (exact) mass is 334 g/mol. The summed E-state index contributed by atoms with van der Waals surface area (Å²) in [5, 5.41) is 2.99. The zero-order valence-corrected chi connectivity index (χ0v) is 14.3. The number of piperidine rings is 1. The molecular weight excluding hydrogens is 308 g/mol. The number of methoxy groups -OCH3 is 1. The van der Waals surface area contributed by atoms with Gasteiger partial charge in [-0.05, 0) is 24.1 Å². The minimum Gasteiger partial charge on any atom is -0.497 e. The molecule has 1 spiro atoms. The summed E-state index contributed by atoms with van der Waals surface area (Å²) < 4.78 is 16.6. The SMILES string of the molecule is COc1cccc(CCNC(=O)CN2CCC3(CC2)OCCO3)c1. The smallest absolute Gasteiger partial charge is 0.234 e. The van der Waals surface area contributed by atoms with Crippen molar-refractivity contribution in [3.63, 3.8) is 0 Å². The van der Waals surface area contributed by atoms with E-state index in [1.165, 1.54) is 0 Å². The second-order valence-corrected chi connectivity index (χ2v) is 6.34. The molecule has 1 aromatic carbocycles. The highest BCUT2D eigenvalue weighted by molar-refractivity contribution is 5.78. The number of nitrogens with zero attached hydrogens (tertiary/aromatic N) is 1. The van der Waals surface area contributed by atoms with Gasteiger partial charge in [0, 0.05) is 32.5 Å². The number of nitrogens with one attached hydrogen (secondary N) is 1. The third-order valence-corrected chi connectivity index (χ3v) is 4.67. The molecular formula is C18H26N2O4. The number of likely N-dealkylation sites (tertiary alicyclic amines) is 1. The Bertz CT molecular complexity index is 548. The van der Waals surface area contributed by atoms with Crippen molar-refractivity contribution in [1.82, 2.24) is 10.2 Å². The zero-order valence-electron chi connectivity index (χ0n) is 14.3. The van der Waals surface area contributed by atoms with Crippen molar-refractivity contribution in [1.29, 1.82) is 0 Å². The number of amides is 1. The maximum Gasteiger partial charge on any atom is 0.234 e. The Hall–Kier alpha value is -1.63. The molecule has 2 fully saturated rings. The fourth-order valence-corrected chi connectivity index (χ4v) is 3.27. The van der Waals surface area contributed by atoms with Crippen molar-refractivity contribution in [3.05, 3.63) is 29.8 Å². The third kappa shape index (κ3) is 4.47. The Morgan fingerprint density at radius 2 is 2.04 bits per heavy atom. The average Bonchev–Trinajstić information content (AvgIpc) is 3.06. The van der Waals surface area contributed by atoms with E-state index in [9.17, 15) is 4.79 Å². The molecule has 1 amide bonds. The molecule has 132 valence electrons. The van der Waals surface area contributed by atoms with Gasteiger partial charge in [0.2, 0.25) is 5.91 Å². The summed E-state index contributed by atoms with van der Waals surface area (Å²) >= 11 is 0. The molecule has 0 saturated carbocycles. The first-order valence-electron chi connectivity index (χ1n) is 8.59. The number of rotatable bonds is 6. The van der Waals surface area contributed by atoms with Crippen LogP contribution in [-0.4, -0.2) is 63.1 Å². The predicted octanol–water partition coefficient (Wildman–Crippen LogP) is 1.19. The van der Waals surface area contributed by atoms with Gasteiger partial charge in [-0.1, -0.05) is 12.1 Å². The summed E-state index contributed by atoms with van der Waals surface area (Å²) in [5.41, 5.74) is 1.16. The minimum atomic E-state index is -0.376. The van der Waals surface area contributed by atoms with E-state index < -0.39 is 0 Å². The normalized spacial score (nSPS) is 20.2. The van der Waals surface area contributed by atoms with Gasteiger partial charge in [0.1, 0.15) is 5.75 Å². The van der Waals surface area contributed by atoms with E-state index >= 15 is 0 Å². The number of ether oxygens (including phenoxy) is 3. The number of carbonyl (C=O) groups excluding carboxylic acids is 1. The van der Waals surface area contributed by atoms with Crippen LogP contribution in [0.15, 0.2) is 24.3 Å². The van der Waals surface area contributed by atoms with Gasteiger partial charge < -0.3 is 19.5 Å². The van der Waals surface area contributed by atoms with E-state index in [0.717, 1.165) is 43.7 Å². The van der Waals surface area contributed by atoms with E-state index in [4.69, 9.17) is 14.2 Å². The fourth-order valence-electron chi connectivity index (χ4n) is 3.27. The van der Waals surface area contributed by atoms with Crippen LogP contribution in [0.2, 0.25) is 0 Å². The highest BCUT2D eigenvalue weighted by Crippen LogP contribution is 2.30. The van der Waals surface area contributed by atoms with Crippen LogP contribution in [0.1, 0.15) is 18.4 Å². The summed E-state index contributed by atoms with van der Waals surface area (Å²) in [6, 6.07) is 7.92. The Balaban J connectivity index is 1.35. The molecule has 3 rings (SSSR count). The minimum absolute atomic E-state index is 0.0714. The molecule has 2 aliphatic heterocycles. The van der Waals surface area contributed by atoms with E-state index in [1.54, 1.807) is 7.11 Å². The summed E-state index contributed by atoms with van der Waals surface area (Å²) in [6.07, 6.45) is 2.47. The number of benzene rings is 1. The first-order chi connectivity index (χ1) is 11.7. The molecule has 2 heterocycles. The molecule has 0 unspecified atom stereocenters.